The summed E-state index contributed by atoms with van der Waals surface area (Å²) < 4.78 is 0. The Morgan fingerprint density at radius 1 is 1.24 bits per heavy atom. The van der Waals surface area contributed by atoms with Crippen LogP contribution < -0.4 is 5.32 Å². The summed E-state index contributed by atoms with van der Waals surface area (Å²) in [6, 6.07) is 10.3. The van der Waals surface area contributed by atoms with E-state index in [2.05, 4.69) is 42.0 Å². The molecule has 0 spiro atoms. The highest BCUT2D eigenvalue weighted by molar-refractivity contribution is 6.00. The predicted octanol–water partition coefficient (Wildman–Crippen LogP) is 3.11. The molecule has 6 heteroatoms. The largest absolute Gasteiger partial charge is 0.396 e. The van der Waals surface area contributed by atoms with Crippen LogP contribution in [-0.4, -0.2) is 64.6 Å². The first-order chi connectivity index (χ1) is 13.7. The molecule has 6 nitrogen and oxygen atoms in total. The Morgan fingerprint density at radius 2 is 2.03 bits per heavy atom. The predicted molar refractivity (Wildman–Crippen MR) is 118 cm³/mol. The fourth-order valence-electron chi connectivity index (χ4n) is 4.15. The number of hydrogen-bond donors (Lipinski definition) is 2. The molecule has 3 rings (SSSR count). The molecular weight excluding hydrogens is 364 g/mol. The van der Waals surface area contributed by atoms with Gasteiger partial charge < -0.3 is 10.4 Å². The Bertz CT molecular complexity index is 846. The second-order valence-electron chi connectivity index (χ2n) is 9.29. The van der Waals surface area contributed by atoms with Gasteiger partial charge in [0, 0.05) is 57.7 Å². The molecule has 0 saturated carbocycles. The van der Waals surface area contributed by atoms with Crippen molar-refractivity contribution in [3.63, 3.8) is 0 Å². The number of carbonyl (C=O) groups is 1. The van der Waals surface area contributed by atoms with Crippen molar-refractivity contribution in [2.24, 2.45) is 5.41 Å². The van der Waals surface area contributed by atoms with Gasteiger partial charge in [0.1, 0.15) is 0 Å². The summed E-state index contributed by atoms with van der Waals surface area (Å²) in [7, 11) is 0. The quantitative estimate of drug-likeness (QED) is 0.783. The van der Waals surface area contributed by atoms with Crippen molar-refractivity contribution in [3.8, 4) is 0 Å². The van der Waals surface area contributed by atoms with E-state index in [1.165, 1.54) is 6.92 Å². The number of carbonyl (C=O) groups excluding carboxylic acids is 1. The smallest absolute Gasteiger partial charge is 0.221 e. The maximum absolute atomic E-state index is 11.4. The zero-order valence-electron chi connectivity index (χ0n) is 18.1. The Hall–Kier alpha value is -2.02. The molecule has 1 atom stereocenters. The molecule has 2 aromatic rings. The van der Waals surface area contributed by atoms with Crippen molar-refractivity contribution in [1.29, 1.82) is 0 Å². The lowest BCUT2D eigenvalue weighted by atomic mass is 9.94. The molecule has 1 aliphatic rings. The Kier molecular flexibility index (Phi) is 6.88. The molecule has 1 amide bonds. The molecule has 0 bridgehead atoms. The number of aliphatic hydroxyl groups is 1. The van der Waals surface area contributed by atoms with E-state index < -0.39 is 0 Å². The van der Waals surface area contributed by atoms with Crippen LogP contribution in [0.15, 0.2) is 30.3 Å². The minimum atomic E-state index is -0.0790. The lowest BCUT2D eigenvalue weighted by Crippen LogP contribution is -2.54. The monoisotopic (exact) mass is 398 g/mol. The molecule has 1 aromatic heterocycles. The van der Waals surface area contributed by atoms with Crippen LogP contribution >= 0.6 is 0 Å². The highest BCUT2D eigenvalue weighted by Gasteiger charge is 2.29. The Morgan fingerprint density at radius 3 is 2.72 bits per heavy atom. The van der Waals surface area contributed by atoms with Crippen LogP contribution in [0, 0.1) is 5.41 Å². The molecule has 158 valence electrons. The zero-order chi connectivity index (χ0) is 21.0. The van der Waals surface area contributed by atoms with Gasteiger partial charge in [-0.05, 0) is 36.1 Å². The molecule has 0 radical (unpaired) electrons. The van der Waals surface area contributed by atoms with E-state index in [0.29, 0.717) is 6.04 Å². The van der Waals surface area contributed by atoms with E-state index in [1.54, 1.807) is 0 Å². The molecule has 1 aromatic carbocycles. The maximum Gasteiger partial charge on any atom is 0.221 e. The van der Waals surface area contributed by atoms with Gasteiger partial charge in [0.15, 0.2) is 0 Å². The van der Waals surface area contributed by atoms with Crippen LogP contribution in [0.5, 0.6) is 0 Å². The minimum Gasteiger partial charge on any atom is -0.396 e. The summed E-state index contributed by atoms with van der Waals surface area (Å²) in [5.74, 6) is -0.0790. The number of rotatable bonds is 6. The van der Waals surface area contributed by atoms with Gasteiger partial charge in [-0.25, -0.2) is 0 Å². The molecule has 1 aliphatic heterocycles. The van der Waals surface area contributed by atoms with Gasteiger partial charge in [-0.1, -0.05) is 26.8 Å². The van der Waals surface area contributed by atoms with Gasteiger partial charge in [-0.15, -0.1) is 0 Å². The fourth-order valence-corrected chi connectivity index (χ4v) is 4.15. The van der Waals surface area contributed by atoms with E-state index >= 15 is 0 Å². The number of hydrogen-bond acceptors (Lipinski definition) is 5. The Labute approximate surface area is 173 Å². The lowest BCUT2D eigenvalue weighted by Gasteiger charge is -2.43. The molecule has 2 N–H and O–H groups in total. The summed E-state index contributed by atoms with van der Waals surface area (Å²) >= 11 is 0. The number of fused-ring (bicyclic) bond motifs is 1. The van der Waals surface area contributed by atoms with Crippen LogP contribution in [0.2, 0.25) is 0 Å². The van der Waals surface area contributed by atoms with E-state index in [4.69, 9.17) is 4.98 Å². The lowest BCUT2D eigenvalue weighted by molar-refractivity contribution is -0.114. The summed E-state index contributed by atoms with van der Waals surface area (Å²) in [4.78, 5) is 21.2. The van der Waals surface area contributed by atoms with Gasteiger partial charge >= 0.3 is 0 Å². The van der Waals surface area contributed by atoms with E-state index in [-0.39, 0.29) is 17.9 Å². The second-order valence-corrected chi connectivity index (χ2v) is 9.29. The van der Waals surface area contributed by atoms with Crippen molar-refractivity contribution in [2.75, 3.05) is 38.1 Å². The number of nitrogens with zero attached hydrogens (tertiary/aromatic N) is 3. The van der Waals surface area contributed by atoms with Crippen molar-refractivity contribution < 1.29 is 9.90 Å². The number of piperazine rings is 1. The molecule has 29 heavy (non-hydrogen) atoms. The van der Waals surface area contributed by atoms with Gasteiger partial charge in [0.2, 0.25) is 5.91 Å². The Balaban J connectivity index is 1.71. The first-order valence-electron chi connectivity index (χ1n) is 10.5. The molecular formula is C23H34N4O2. The van der Waals surface area contributed by atoms with Crippen LogP contribution in [0.25, 0.3) is 10.9 Å². The first-order valence-corrected chi connectivity index (χ1v) is 10.5. The summed E-state index contributed by atoms with van der Waals surface area (Å²) in [6.45, 7) is 13.4. The summed E-state index contributed by atoms with van der Waals surface area (Å²) in [6.07, 6.45) is 0.803. The highest BCUT2D eigenvalue weighted by Crippen LogP contribution is 2.24. The number of pyridine rings is 1. The molecule has 1 fully saturated rings. The summed E-state index contributed by atoms with van der Waals surface area (Å²) in [5, 5.41) is 13.4. The standard InChI is InChI=1S/C23H34N4O2/c1-17(29)24-21-6-5-7-22-20(21)9-8-18(25-22)14-26-11-12-27(16-23(2,3)4)19(15-26)10-13-28/h5-9,19,28H,10-16H2,1-4H3,(H,24,29). The first kappa shape index (κ1) is 21.7. The third-order valence-electron chi connectivity index (χ3n) is 5.31. The van der Waals surface area contributed by atoms with Crippen LogP contribution in [-0.2, 0) is 11.3 Å². The van der Waals surface area contributed by atoms with Crippen molar-refractivity contribution in [2.45, 2.75) is 46.7 Å². The number of aromatic nitrogens is 1. The third kappa shape index (κ3) is 5.98. The van der Waals surface area contributed by atoms with Gasteiger partial charge in [-0.2, -0.15) is 0 Å². The van der Waals surface area contributed by atoms with Gasteiger partial charge in [-0.3, -0.25) is 19.6 Å². The van der Waals surface area contributed by atoms with E-state index in [9.17, 15) is 9.90 Å². The van der Waals surface area contributed by atoms with Crippen LogP contribution in [0.4, 0.5) is 5.69 Å². The van der Waals surface area contributed by atoms with Crippen LogP contribution in [0.3, 0.4) is 0 Å². The van der Waals surface area contributed by atoms with E-state index in [0.717, 1.165) is 61.4 Å². The van der Waals surface area contributed by atoms with Crippen molar-refractivity contribution >= 4 is 22.5 Å². The zero-order valence-corrected chi connectivity index (χ0v) is 18.1. The minimum absolute atomic E-state index is 0.0790. The van der Waals surface area contributed by atoms with E-state index in [1.807, 2.05) is 24.3 Å². The van der Waals surface area contributed by atoms with Gasteiger partial charge in [0.05, 0.1) is 16.9 Å². The number of benzene rings is 1. The normalized spacial score (nSPS) is 18.9. The number of aliphatic hydroxyl groups excluding tert-OH is 1. The molecule has 0 aliphatic carbocycles. The molecule has 1 unspecified atom stereocenters. The number of anilines is 1. The molecule has 2 heterocycles. The topological polar surface area (TPSA) is 68.7 Å². The van der Waals surface area contributed by atoms with Gasteiger partial charge in [0.25, 0.3) is 0 Å². The fraction of sp³-hybridized carbons (Fsp3) is 0.565. The maximum atomic E-state index is 11.4. The SMILES string of the molecule is CC(=O)Nc1cccc2nc(CN3CCN(CC(C)(C)C)C(CCO)C3)ccc12. The average molecular weight is 399 g/mol. The molecule has 1 saturated heterocycles. The number of amides is 1. The average Bonchev–Trinajstić information content (AvgIpc) is 2.63. The highest BCUT2D eigenvalue weighted by atomic mass is 16.3. The second kappa shape index (κ2) is 9.20. The third-order valence-corrected chi connectivity index (χ3v) is 5.31. The van der Waals surface area contributed by atoms with Crippen molar-refractivity contribution in [3.05, 3.63) is 36.0 Å². The summed E-state index contributed by atoms with van der Waals surface area (Å²) in [5.41, 5.74) is 2.98. The van der Waals surface area contributed by atoms with Crippen molar-refractivity contribution in [1.82, 2.24) is 14.8 Å². The van der Waals surface area contributed by atoms with Crippen LogP contribution in [0.1, 0.15) is 39.8 Å². The number of nitrogens with one attached hydrogen (secondary N) is 1.